The summed E-state index contributed by atoms with van der Waals surface area (Å²) >= 11 is 5.93. The molecule has 1 aliphatic heterocycles. The smallest absolute Gasteiger partial charge is 0.292 e. The van der Waals surface area contributed by atoms with E-state index in [1.165, 1.54) is 0 Å². The summed E-state index contributed by atoms with van der Waals surface area (Å²) in [6, 6.07) is 8.66. The van der Waals surface area contributed by atoms with Crippen LogP contribution in [0.5, 0.6) is 0 Å². The first-order valence-electron chi connectivity index (χ1n) is 6.97. The van der Waals surface area contributed by atoms with E-state index in [0.717, 1.165) is 11.1 Å². The van der Waals surface area contributed by atoms with Gasteiger partial charge in [0.2, 0.25) is 5.82 Å². The first-order chi connectivity index (χ1) is 11.1. The standard InChI is InChI=1S/C16H11ClN4O2/c17-9-4-5-21-10(6-9)7-18-14(21)16(23)20-13-3-1-2-11-12(13)8-19-15(11)22/h1-7H,8H2,(H,19,22)(H,20,23). The monoisotopic (exact) mass is 326 g/mol. The van der Waals surface area contributed by atoms with E-state index in [0.29, 0.717) is 22.8 Å². The summed E-state index contributed by atoms with van der Waals surface area (Å²) in [6.45, 7) is 0.405. The van der Waals surface area contributed by atoms with E-state index in [9.17, 15) is 9.59 Å². The minimum atomic E-state index is -0.347. The predicted molar refractivity (Wildman–Crippen MR) is 85.8 cm³/mol. The van der Waals surface area contributed by atoms with Crippen LogP contribution in [0.3, 0.4) is 0 Å². The van der Waals surface area contributed by atoms with Crippen molar-refractivity contribution in [3.63, 3.8) is 0 Å². The molecule has 4 rings (SSSR count). The Morgan fingerprint density at radius 3 is 3.09 bits per heavy atom. The lowest BCUT2D eigenvalue weighted by atomic mass is 10.1. The van der Waals surface area contributed by atoms with Gasteiger partial charge >= 0.3 is 0 Å². The quantitative estimate of drug-likeness (QED) is 0.759. The van der Waals surface area contributed by atoms with E-state index in [-0.39, 0.29) is 17.6 Å². The maximum absolute atomic E-state index is 12.5. The number of nitrogens with zero attached hydrogens (tertiary/aromatic N) is 2. The highest BCUT2D eigenvalue weighted by Crippen LogP contribution is 2.24. The second-order valence-electron chi connectivity index (χ2n) is 5.19. The largest absolute Gasteiger partial charge is 0.348 e. The number of carbonyl (C=O) groups is 2. The SMILES string of the molecule is O=C1NCc2c(NC(=O)c3ncc4cc(Cl)ccn34)cccc21. The van der Waals surface area contributed by atoms with E-state index in [1.54, 1.807) is 47.1 Å². The van der Waals surface area contributed by atoms with Crippen molar-refractivity contribution in [2.75, 3.05) is 5.32 Å². The summed E-state index contributed by atoms with van der Waals surface area (Å²) in [4.78, 5) is 28.4. The maximum Gasteiger partial charge on any atom is 0.292 e. The van der Waals surface area contributed by atoms with Crippen molar-refractivity contribution in [3.05, 3.63) is 64.7 Å². The summed E-state index contributed by atoms with van der Waals surface area (Å²) in [7, 11) is 0. The molecule has 3 heterocycles. The van der Waals surface area contributed by atoms with Crippen molar-refractivity contribution in [2.24, 2.45) is 0 Å². The number of fused-ring (bicyclic) bond motifs is 2. The van der Waals surface area contributed by atoms with Crippen LogP contribution in [0.1, 0.15) is 26.5 Å². The number of anilines is 1. The van der Waals surface area contributed by atoms with Gasteiger partial charge in [-0.25, -0.2) is 4.98 Å². The molecule has 2 amide bonds. The van der Waals surface area contributed by atoms with Crippen LogP contribution >= 0.6 is 11.6 Å². The van der Waals surface area contributed by atoms with Crippen LogP contribution in [0.4, 0.5) is 5.69 Å². The van der Waals surface area contributed by atoms with Crippen molar-refractivity contribution >= 4 is 34.6 Å². The normalized spacial score (nSPS) is 13.0. The van der Waals surface area contributed by atoms with Gasteiger partial charge in [-0.05, 0) is 24.3 Å². The highest BCUT2D eigenvalue weighted by molar-refractivity contribution is 6.30. The number of imidazole rings is 1. The molecule has 0 bridgehead atoms. The lowest BCUT2D eigenvalue weighted by Crippen LogP contribution is -2.16. The van der Waals surface area contributed by atoms with Gasteiger partial charge in [0, 0.05) is 34.6 Å². The lowest BCUT2D eigenvalue weighted by molar-refractivity contribution is 0.0964. The molecule has 1 aliphatic rings. The Bertz CT molecular complexity index is 964. The van der Waals surface area contributed by atoms with Gasteiger partial charge in [0.05, 0.1) is 11.7 Å². The minimum Gasteiger partial charge on any atom is -0.348 e. The fraction of sp³-hybridized carbons (Fsp3) is 0.0625. The molecule has 0 radical (unpaired) electrons. The third kappa shape index (κ3) is 2.24. The van der Waals surface area contributed by atoms with Crippen molar-refractivity contribution < 1.29 is 9.59 Å². The molecule has 2 N–H and O–H groups in total. The number of hydrogen-bond donors (Lipinski definition) is 2. The maximum atomic E-state index is 12.5. The molecule has 114 valence electrons. The Morgan fingerprint density at radius 1 is 1.35 bits per heavy atom. The van der Waals surface area contributed by atoms with Gasteiger partial charge in [-0.15, -0.1) is 0 Å². The summed E-state index contributed by atoms with van der Waals surface area (Å²) in [5.41, 5.74) is 2.71. The number of carbonyl (C=O) groups excluding carboxylic acids is 2. The van der Waals surface area contributed by atoms with Gasteiger partial charge in [0.1, 0.15) is 0 Å². The van der Waals surface area contributed by atoms with Crippen molar-refractivity contribution in [1.29, 1.82) is 0 Å². The van der Waals surface area contributed by atoms with Gasteiger partial charge in [0.25, 0.3) is 11.8 Å². The molecular formula is C16H11ClN4O2. The number of pyridine rings is 1. The molecule has 2 aromatic heterocycles. The van der Waals surface area contributed by atoms with E-state index in [4.69, 9.17) is 11.6 Å². The molecule has 0 fully saturated rings. The van der Waals surface area contributed by atoms with E-state index in [1.807, 2.05) is 0 Å². The zero-order valence-corrected chi connectivity index (χ0v) is 12.6. The molecule has 0 atom stereocenters. The van der Waals surface area contributed by atoms with Crippen LogP contribution in [0.15, 0.2) is 42.7 Å². The summed E-state index contributed by atoms with van der Waals surface area (Å²) in [6.07, 6.45) is 3.28. The molecule has 0 aliphatic carbocycles. The van der Waals surface area contributed by atoms with Gasteiger partial charge in [-0.2, -0.15) is 0 Å². The number of aromatic nitrogens is 2. The van der Waals surface area contributed by atoms with E-state index in [2.05, 4.69) is 15.6 Å². The first-order valence-corrected chi connectivity index (χ1v) is 7.35. The predicted octanol–water partition coefficient (Wildman–Crippen LogP) is 2.48. The average Bonchev–Trinajstić information content (AvgIpc) is 3.12. The Balaban J connectivity index is 1.69. The highest BCUT2D eigenvalue weighted by atomic mass is 35.5. The van der Waals surface area contributed by atoms with E-state index < -0.39 is 0 Å². The number of rotatable bonds is 2. The zero-order chi connectivity index (χ0) is 16.0. The Labute approximate surface area is 136 Å². The number of nitrogens with one attached hydrogen (secondary N) is 2. The van der Waals surface area contributed by atoms with Crippen LogP contribution < -0.4 is 10.6 Å². The molecule has 1 aromatic carbocycles. The zero-order valence-electron chi connectivity index (χ0n) is 11.8. The summed E-state index contributed by atoms with van der Waals surface area (Å²) in [5.74, 6) is -0.219. The number of amides is 2. The number of halogens is 1. The summed E-state index contributed by atoms with van der Waals surface area (Å²) < 4.78 is 1.66. The number of benzene rings is 1. The number of hydrogen-bond acceptors (Lipinski definition) is 3. The van der Waals surface area contributed by atoms with Crippen molar-refractivity contribution in [3.8, 4) is 0 Å². The fourth-order valence-electron chi connectivity index (χ4n) is 2.69. The van der Waals surface area contributed by atoms with Crippen LogP contribution in [0.25, 0.3) is 5.52 Å². The molecule has 0 saturated carbocycles. The molecule has 23 heavy (non-hydrogen) atoms. The Kier molecular flexibility index (Phi) is 3.06. The van der Waals surface area contributed by atoms with Gasteiger partial charge in [0.15, 0.2) is 0 Å². The van der Waals surface area contributed by atoms with Crippen LogP contribution in [0.2, 0.25) is 5.02 Å². The van der Waals surface area contributed by atoms with Gasteiger partial charge < -0.3 is 10.6 Å². The minimum absolute atomic E-state index is 0.128. The van der Waals surface area contributed by atoms with Crippen molar-refractivity contribution in [1.82, 2.24) is 14.7 Å². The van der Waals surface area contributed by atoms with Crippen LogP contribution in [-0.2, 0) is 6.54 Å². The average molecular weight is 327 g/mol. The fourth-order valence-corrected chi connectivity index (χ4v) is 2.86. The topological polar surface area (TPSA) is 75.5 Å². The Morgan fingerprint density at radius 2 is 2.22 bits per heavy atom. The molecule has 7 heteroatoms. The van der Waals surface area contributed by atoms with Gasteiger partial charge in [-0.1, -0.05) is 17.7 Å². The van der Waals surface area contributed by atoms with E-state index >= 15 is 0 Å². The third-order valence-corrected chi connectivity index (χ3v) is 4.03. The second-order valence-corrected chi connectivity index (χ2v) is 5.63. The molecule has 3 aromatic rings. The van der Waals surface area contributed by atoms with Crippen LogP contribution in [0, 0.1) is 0 Å². The molecule has 6 nitrogen and oxygen atoms in total. The van der Waals surface area contributed by atoms with Gasteiger partial charge in [-0.3, -0.25) is 14.0 Å². The summed E-state index contributed by atoms with van der Waals surface area (Å²) in [5, 5.41) is 6.15. The molecule has 0 saturated heterocycles. The molecule has 0 spiro atoms. The first kappa shape index (κ1) is 13.8. The lowest BCUT2D eigenvalue weighted by Gasteiger charge is -2.08. The van der Waals surface area contributed by atoms with Crippen molar-refractivity contribution in [2.45, 2.75) is 6.54 Å². The molecule has 0 unspecified atom stereocenters. The Hall–Kier alpha value is -2.86. The van der Waals surface area contributed by atoms with Crippen LogP contribution in [-0.4, -0.2) is 21.2 Å². The third-order valence-electron chi connectivity index (χ3n) is 3.79. The molecular weight excluding hydrogens is 316 g/mol. The second kappa shape index (κ2) is 5.10. The highest BCUT2D eigenvalue weighted by Gasteiger charge is 2.23.